The molecule has 4 aromatic carbocycles. The number of aliphatic carboxylic acids is 1. The Morgan fingerprint density at radius 1 is 0.609 bits per heavy atom. The molecule has 8 nitrogen and oxygen atoms in total. The summed E-state index contributed by atoms with van der Waals surface area (Å²) in [5, 5.41) is 28.6. The third kappa shape index (κ3) is 12.2. The average Bonchev–Trinajstić information content (AvgIpc) is 2.94. The quantitative estimate of drug-likeness (QED) is 0.104. The first-order valence-electron chi connectivity index (χ1n) is 12.9. The van der Waals surface area contributed by atoms with Crippen molar-refractivity contribution in [2.75, 3.05) is 0 Å². The summed E-state index contributed by atoms with van der Waals surface area (Å²) in [6.07, 6.45) is 1.11. The number of halogens is 8. The van der Waals surface area contributed by atoms with Crippen LogP contribution in [0.5, 0.6) is 34.5 Å². The van der Waals surface area contributed by atoms with Gasteiger partial charge in [-0.15, -0.1) is 0 Å². The molecule has 46 heavy (non-hydrogen) atoms. The third-order valence-corrected chi connectivity index (χ3v) is 12.4. The van der Waals surface area contributed by atoms with Crippen molar-refractivity contribution >= 4 is 187 Å². The van der Waals surface area contributed by atoms with Gasteiger partial charge < -0.3 is 36.3 Å². The van der Waals surface area contributed by atoms with Gasteiger partial charge in [-0.1, -0.05) is 0 Å². The van der Waals surface area contributed by atoms with E-state index in [1.165, 1.54) is 5.56 Å². The number of phenols is 2. The zero-order chi connectivity index (χ0) is 34.5. The van der Waals surface area contributed by atoms with Crippen LogP contribution in [0, 0.1) is 28.6 Å². The third-order valence-electron chi connectivity index (χ3n) is 5.87. The molecule has 0 saturated carbocycles. The molecule has 0 saturated heterocycles. The van der Waals surface area contributed by atoms with Gasteiger partial charge in [0.15, 0.2) is 11.5 Å². The van der Waals surface area contributed by atoms with Gasteiger partial charge in [-0.3, -0.25) is 4.79 Å². The van der Waals surface area contributed by atoms with Gasteiger partial charge in [0.25, 0.3) is 0 Å². The molecular formula is C30H24I8N2O6. The van der Waals surface area contributed by atoms with Crippen LogP contribution >= 0.6 is 181 Å². The molecule has 0 aliphatic heterocycles. The first-order valence-corrected chi connectivity index (χ1v) is 21.5. The zero-order valence-electron chi connectivity index (χ0n) is 23.4. The summed E-state index contributed by atoms with van der Waals surface area (Å²) in [6.45, 7) is 2.00. The number of carbonyl (C=O) groups is 1. The Kier molecular flexibility index (Phi) is 17.4. The van der Waals surface area contributed by atoms with Crippen LogP contribution in [0.25, 0.3) is 0 Å². The highest BCUT2D eigenvalue weighted by Crippen LogP contribution is 2.38. The smallest absolute Gasteiger partial charge is 0.320 e. The van der Waals surface area contributed by atoms with Crippen molar-refractivity contribution in [3.63, 3.8) is 0 Å². The summed E-state index contributed by atoms with van der Waals surface area (Å²) >= 11 is 17.2. The molecular weight excluding hydrogens is 1500 g/mol. The number of phenolic OH excluding ortho intramolecular Hbond substituents is 2. The number of benzene rings is 4. The Hall–Kier alpha value is 1.31. The highest BCUT2D eigenvalue weighted by molar-refractivity contribution is 14.1. The van der Waals surface area contributed by atoms with Crippen molar-refractivity contribution in [3.8, 4) is 34.5 Å². The Morgan fingerprint density at radius 2 is 0.913 bits per heavy atom. The first-order chi connectivity index (χ1) is 21.5. The molecule has 4 aromatic rings. The van der Waals surface area contributed by atoms with Crippen LogP contribution in [-0.4, -0.2) is 33.4 Å². The maximum Gasteiger partial charge on any atom is 0.320 e. The molecule has 0 radical (unpaired) electrons. The fourth-order valence-electron chi connectivity index (χ4n) is 3.81. The van der Waals surface area contributed by atoms with E-state index in [0.29, 0.717) is 24.4 Å². The van der Waals surface area contributed by atoms with E-state index in [4.69, 9.17) is 26.0 Å². The second-order valence-electron chi connectivity index (χ2n) is 9.78. The average molecular weight is 1520 g/mol. The molecule has 0 spiro atoms. The fraction of sp³-hybridized carbons (Fsp3) is 0.167. The van der Waals surface area contributed by atoms with Crippen LogP contribution in [-0.2, 0) is 17.6 Å². The van der Waals surface area contributed by atoms with E-state index in [1.807, 2.05) is 31.2 Å². The van der Waals surface area contributed by atoms with E-state index in [1.54, 1.807) is 12.1 Å². The van der Waals surface area contributed by atoms with E-state index < -0.39 is 12.0 Å². The van der Waals surface area contributed by atoms with Gasteiger partial charge in [-0.25, -0.2) is 0 Å². The number of hydrogen-bond donors (Lipinski definition) is 5. The van der Waals surface area contributed by atoms with Crippen LogP contribution in [0.2, 0.25) is 0 Å². The number of hydrogen-bond acceptors (Lipinski definition) is 7. The summed E-state index contributed by atoms with van der Waals surface area (Å²) in [7, 11) is 0. The van der Waals surface area contributed by atoms with Gasteiger partial charge in [-0.05, 0) is 260 Å². The highest BCUT2D eigenvalue weighted by Gasteiger charge is 2.17. The van der Waals surface area contributed by atoms with Crippen molar-refractivity contribution in [1.29, 1.82) is 0 Å². The molecule has 0 bridgehead atoms. The number of nitrogens with two attached hydrogens (primary N) is 2. The minimum absolute atomic E-state index is 0.138. The molecule has 16 heteroatoms. The number of carboxylic acids is 1. The van der Waals surface area contributed by atoms with Crippen LogP contribution in [0.4, 0.5) is 0 Å². The second-order valence-corrected chi connectivity index (χ2v) is 19.1. The Labute approximate surface area is 375 Å². The maximum absolute atomic E-state index is 10.9. The van der Waals surface area contributed by atoms with Crippen molar-refractivity contribution in [2.45, 2.75) is 31.8 Å². The molecule has 0 aliphatic carbocycles. The predicted octanol–water partition coefficient (Wildman–Crippen LogP) is 10.0. The molecule has 0 aromatic heterocycles. The molecule has 4 rings (SSSR count). The van der Waals surface area contributed by atoms with Crippen LogP contribution < -0.4 is 20.9 Å². The normalized spacial score (nSPS) is 12.2. The summed E-state index contributed by atoms with van der Waals surface area (Å²) in [4.78, 5) is 10.9. The van der Waals surface area contributed by atoms with Gasteiger partial charge in [0.05, 0.1) is 28.6 Å². The lowest BCUT2D eigenvalue weighted by atomic mass is 10.1. The van der Waals surface area contributed by atoms with E-state index >= 15 is 0 Å². The SMILES string of the molecule is C[C@@H](N)Cc1cc(I)c(Oc2cc(I)c(O)c(I)c2)c(I)c1.N[C@@H](Cc1cc(I)c(Oc2cc(I)c(O)c(I)c2)c(I)c1)C(=O)O. The van der Waals surface area contributed by atoms with Crippen LogP contribution in [0.3, 0.4) is 0 Å². The highest BCUT2D eigenvalue weighted by atomic mass is 127. The van der Waals surface area contributed by atoms with E-state index in [2.05, 4.69) is 193 Å². The van der Waals surface area contributed by atoms with Crippen molar-refractivity contribution < 1.29 is 29.6 Å². The topological polar surface area (TPSA) is 148 Å². The number of ether oxygens (including phenoxy) is 2. The minimum atomic E-state index is -1.02. The first kappa shape index (κ1) is 41.7. The zero-order valence-corrected chi connectivity index (χ0v) is 40.7. The molecule has 0 fully saturated rings. The molecule has 0 amide bonds. The standard InChI is InChI=1S/C15H11I4NO4.C15H13I4NO2/c16-8-4-7(5-9(17)13(8)21)24-14-10(18)1-6(2-11(14)19)3-12(20)15(22)23;1-7(20)2-8-3-12(18)15(13(19)4-8)22-9-5-10(16)14(21)11(17)6-9/h1-2,4-5,12,21H,3,20H2,(H,22,23);3-7,21H,2,20H2,1H3/t12-;7-/m01/s1. The Morgan fingerprint density at radius 3 is 1.20 bits per heavy atom. The lowest BCUT2D eigenvalue weighted by Crippen LogP contribution is -2.32. The Balaban J connectivity index is 0.000000251. The largest absolute Gasteiger partial charge is 0.506 e. The molecule has 0 aliphatic rings. The summed E-state index contributed by atoms with van der Waals surface area (Å²) in [6, 6.07) is 14.4. The van der Waals surface area contributed by atoms with Crippen LogP contribution in [0.1, 0.15) is 18.1 Å². The molecule has 7 N–H and O–H groups in total. The predicted molar refractivity (Wildman–Crippen MR) is 248 cm³/mol. The van der Waals surface area contributed by atoms with E-state index in [0.717, 1.165) is 44.9 Å². The van der Waals surface area contributed by atoms with Gasteiger partial charge >= 0.3 is 5.97 Å². The van der Waals surface area contributed by atoms with Crippen LogP contribution in [0.15, 0.2) is 48.5 Å². The maximum atomic E-state index is 10.9. The monoisotopic (exact) mass is 1520 g/mol. The fourth-order valence-corrected chi connectivity index (χ4v) is 11.5. The number of carboxylic acid groups (broad SMARTS) is 1. The molecule has 0 unspecified atom stereocenters. The molecule has 0 heterocycles. The molecule has 2 atom stereocenters. The number of rotatable bonds is 9. The molecule has 246 valence electrons. The van der Waals surface area contributed by atoms with E-state index in [9.17, 15) is 15.0 Å². The lowest BCUT2D eigenvalue weighted by Gasteiger charge is -2.14. The van der Waals surface area contributed by atoms with Gasteiger partial charge in [-0.2, -0.15) is 0 Å². The van der Waals surface area contributed by atoms with Gasteiger partial charge in [0.2, 0.25) is 0 Å². The Bertz CT molecular complexity index is 1660. The van der Waals surface area contributed by atoms with Gasteiger partial charge in [0.1, 0.15) is 29.0 Å². The number of aromatic hydroxyl groups is 2. The second kappa shape index (κ2) is 19.2. The van der Waals surface area contributed by atoms with Gasteiger partial charge in [0, 0.05) is 6.04 Å². The van der Waals surface area contributed by atoms with Crippen molar-refractivity contribution in [2.24, 2.45) is 11.5 Å². The minimum Gasteiger partial charge on any atom is -0.506 e. The summed E-state index contributed by atoms with van der Waals surface area (Å²) < 4.78 is 18.8. The lowest BCUT2D eigenvalue weighted by molar-refractivity contribution is -0.138. The summed E-state index contributed by atoms with van der Waals surface area (Å²) in [5.41, 5.74) is 13.5. The summed E-state index contributed by atoms with van der Waals surface area (Å²) in [5.74, 6) is 2.41. The van der Waals surface area contributed by atoms with Crippen molar-refractivity contribution in [3.05, 3.63) is 88.2 Å². The van der Waals surface area contributed by atoms with E-state index in [-0.39, 0.29) is 18.2 Å². The van der Waals surface area contributed by atoms with Crippen molar-refractivity contribution in [1.82, 2.24) is 0 Å².